The lowest BCUT2D eigenvalue weighted by molar-refractivity contribution is -0.385. The molecule has 1 aromatic rings. The zero-order valence-electron chi connectivity index (χ0n) is 10.2. The van der Waals surface area contributed by atoms with Crippen LogP contribution in [0, 0.1) is 10.1 Å². The van der Waals surface area contributed by atoms with Gasteiger partial charge in [0.15, 0.2) is 0 Å². The Morgan fingerprint density at radius 3 is 2.65 bits per heavy atom. The fraction of sp³-hybridized carbons (Fsp3) is 0.231. The summed E-state index contributed by atoms with van der Waals surface area (Å²) < 4.78 is 0. The smallest absolute Gasteiger partial charge is 0.282 e. The molecule has 2 atom stereocenters. The Morgan fingerprint density at radius 2 is 2.05 bits per heavy atom. The molecule has 3 rings (SSSR count). The number of imide groups is 1. The van der Waals surface area contributed by atoms with E-state index in [0.717, 1.165) is 4.90 Å². The Kier molecular flexibility index (Phi) is 2.65. The average Bonchev–Trinajstić information content (AvgIpc) is 2.93. The van der Waals surface area contributed by atoms with Gasteiger partial charge in [-0.3, -0.25) is 24.6 Å². The minimum absolute atomic E-state index is 0.0108. The third-order valence-corrected chi connectivity index (χ3v) is 3.52. The van der Waals surface area contributed by atoms with Crippen molar-refractivity contribution < 1.29 is 19.6 Å². The van der Waals surface area contributed by atoms with Gasteiger partial charge in [0.05, 0.1) is 22.6 Å². The number of aliphatic hydroxyl groups excluding tert-OH is 1. The van der Waals surface area contributed by atoms with Crippen molar-refractivity contribution in [2.45, 2.75) is 18.6 Å². The van der Waals surface area contributed by atoms with Crippen molar-refractivity contribution >= 4 is 17.5 Å². The molecule has 1 aliphatic heterocycles. The summed E-state index contributed by atoms with van der Waals surface area (Å²) in [6.45, 7) is 0. The maximum atomic E-state index is 12.3. The van der Waals surface area contributed by atoms with Crippen LogP contribution in [0.3, 0.4) is 0 Å². The molecule has 7 heteroatoms. The van der Waals surface area contributed by atoms with E-state index in [1.165, 1.54) is 18.2 Å². The number of rotatable bonds is 2. The highest BCUT2D eigenvalue weighted by Crippen LogP contribution is 2.33. The monoisotopic (exact) mass is 274 g/mol. The van der Waals surface area contributed by atoms with Crippen LogP contribution in [-0.4, -0.2) is 38.9 Å². The van der Waals surface area contributed by atoms with Crippen LogP contribution in [0.1, 0.15) is 27.1 Å². The molecule has 0 saturated carbocycles. The van der Waals surface area contributed by atoms with E-state index in [1.807, 2.05) is 0 Å². The van der Waals surface area contributed by atoms with Crippen LogP contribution in [0.2, 0.25) is 0 Å². The lowest BCUT2D eigenvalue weighted by atomic mass is 10.1. The summed E-state index contributed by atoms with van der Waals surface area (Å²) >= 11 is 0. The fourth-order valence-corrected chi connectivity index (χ4v) is 2.59. The van der Waals surface area contributed by atoms with Gasteiger partial charge in [-0.25, -0.2) is 0 Å². The zero-order chi connectivity index (χ0) is 14.4. The molecule has 1 aromatic carbocycles. The summed E-state index contributed by atoms with van der Waals surface area (Å²) in [5.41, 5.74) is -0.577. The molecule has 2 amide bonds. The van der Waals surface area contributed by atoms with E-state index in [2.05, 4.69) is 0 Å². The second-order valence-corrected chi connectivity index (χ2v) is 4.66. The van der Waals surface area contributed by atoms with E-state index >= 15 is 0 Å². The highest BCUT2D eigenvalue weighted by molar-refractivity contribution is 6.23. The molecule has 20 heavy (non-hydrogen) atoms. The quantitative estimate of drug-likeness (QED) is 0.373. The van der Waals surface area contributed by atoms with Crippen LogP contribution in [0.4, 0.5) is 5.69 Å². The SMILES string of the molecule is O=C1c2cccc([N+](=O)[O-])c2C(=O)N1C1C=CCC1O. The van der Waals surface area contributed by atoms with Crippen LogP contribution >= 0.6 is 0 Å². The van der Waals surface area contributed by atoms with Gasteiger partial charge in [-0.1, -0.05) is 18.2 Å². The Morgan fingerprint density at radius 1 is 1.30 bits per heavy atom. The van der Waals surface area contributed by atoms with Crippen LogP contribution in [0.15, 0.2) is 30.4 Å². The number of nitro groups is 1. The van der Waals surface area contributed by atoms with Gasteiger partial charge in [-0.2, -0.15) is 0 Å². The molecule has 0 bridgehead atoms. The second-order valence-electron chi connectivity index (χ2n) is 4.66. The topological polar surface area (TPSA) is 101 Å². The molecule has 1 N–H and O–H groups in total. The predicted octanol–water partition coefficient (Wildman–Crippen LogP) is 0.880. The van der Waals surface area contributed by atoms with Crippen molar-refractivity contribution in [1.29, 1.82) is 0 Å². The first-order chi connectivity index (χ1) is 9.52. The highest BCUT2D eigenvalue weighted by Gasteiger charge is 2.45. The zero-order valence-corrected chi connectivity index (χ0v) is 10.2. The van der Waals surface area contributed by atoms with Crippen LogP contribution < -0.4 is 0 Å². The standard InChI is InChI=1S/C13H10N2O5/c16-10-6-2-4-8(10)14-12(17)7-3-1-5-9(15(19)20)11(7)13(14)18/h1-5,8,10,16H,6H2. The average molecular weight is 274 g/mol. The molecule has 1 heterocycles. The van der Waals surface area contributed by atoms with Crippen LogP contribution in [-0.2, 0) is 0 Å². The number of nitro benzene ring substituents is 1. The first-order valence-electron chi connectivity index (χ1n) is 6.02. The number of hydrogen-bond donors (Lipinski definition) is 1. The second kappa shape index (κ2) is 4.24. The normalized spacial score (nSPS) is 24.4. The molecule has 0 spiro atoms. The van der Waals surface area contributed by atoms with E-state index < -0.39 is 28.9 Å². The largest absolute Gasteiger partial charge is 0.390 e. The maximum absolute atomic E-state index is 12.3. The van der Waals surface area contributed by atoms with E-state index in [1.54, 1.807) is 12.2 Å². The molecule has 0 saturated heterocycles. The molecule has 0 aromatic heterocycles. The molecule has 0 fully saturated rings. The van der Waals surface area contributed by atoms with E-state index in [0.29, 0.717) is 6.42 Å². The molecule has 2 unspecified atom stereocenters. The molecule has 2 aliphatic rings. The number of hydrogen-bond acceptors (Lipinski definition) is 5. The van der Waals surface area contributed by atoms with Gasteiger partial charge < -0.3 is 5.11 Å². The van der Waals surface area contributed by atoms with Gasteiger partial charge in [0, 0.05) is 6.07 Å². The minimum atomic E-state index is -0.865. The van der Waals surface area contributed by atoms with Gasteiger partial charge in [0.25, 0.3) is 17.5 Å². The molecular weight excluding hydrogens is 264 g/mol. The lowest BCUT2D eigenvalue weighted by Crippen LogP contribution is -2.43. The maximum Gasteiger partial charge on any atom is 0.282 e. The van der Waals surface area contributed by atoms with Crippen LogP contribution in [0.25, 0.3) is 0 Å². The number of amides is 2. The van der Waals surface area contributed by atoms with Gasteiger partial charge >= 0.3 is 0 Å². The van der Waals surface area contributed by atoms with Crippen molar-refractivity contribution in [3.63, 3.8) is 0 Å². The number of carbonyl (C=O) groups is 2. The van der Waals surface area contributed by atoms with Crippen molar-refractivity contribution in [3.8, 4) is 0 Å². The number of fused-ring (bicyclic) bond motifs is 1. The van der Waals surface area contributed by atoms with E-state index in [9.17, 15) is 24.8 Å². The Bertz CT molecular complexity index is 667. The van der Waals surface area contributed by atoms with Crippen molar-refractivity contribution in [2.24, 2.45) is 0 Å². The molecule has 102 valence electrons. The Hall–Kier alpha value is -2.54. The number of carbonyl (C=O) groups excluding carboxylic acids is 2. The third-order valence-electron chi connectivity index (χ3n) is 3.52. The predicted molar refractivity (Wildman–Crippen MR) is 67.1 cm³/mol. The summed E-state index contributed by atoms with van der Waals surface area (Å²) in [6, 6.07) is 3.18. The van der Waals surface area contributed by atoms with Crippen molar-refractivity contribution in [3.05, 3.63) is 51.6 Å². The van der Waals surface area contributed by atoms with E-state index in [-0.39, 0.29) is 16.8 Å². The van der Waals surface area contributed by atoms with Crippen molar-refractivity contribution in [1.82, 2.24) is 4.90 Å². The summed E-state index contributed by atoms with van der Waals surface area (Å²) in [7, 11) is 0. The molecular formula is C13H10N2O5. The van der Waals surface area contributed by atoms with Crippen LogP contribution in [0.5, 0.6) is 0 Å². The summed E-state index contributed by atoms with van der Waals surface area (Å²) in [5.74, 6) is -1.34. The first-order valence-corrected chi connectivity index (χ1v) is 6.02. The van der Waals surface area contributed by atoms with E-state index in [4.69, 9.17) is 0 Å². The Balaban J connectivity index is 2.11. The van der Waals surface area contributed by atoms with Gasteiger partial charge in [0.2, 0.25) is 0 Å². The first kappa shape index (κ1) is 12.5. The number of aliphatic hydroxyl groups is 1. The third kappa shape index (κ3) is 1.56. The molecule has 1 aliphatic carbocycles. The summed E-state index contributed by atoms with van der Waals surface area (Å²) in [6.07, 6.45) is 2.72. The van der Waals surface area contributed by atoms with Gasteiger partial charge in [-0.15, -0.1) is 0 Å². The van der Waals surface area contributed by atoms with Gasteiger partial charge in [-0.05, 0) is 12.5 Å². The summed E-state index contributed by atoms with van der Waals surface area (Å²) in [5, 5.41) is 20.8. The summed E-state index contributed by atoms with van der Waals surface area (Å²) in [4.78, 5) is 35.7. The molecule has 7 nitrogen and oxygen atoms in total. The van der Waals surface area contributed by atoms with Gasteiger partial charge in [0.1, 0.15) is 5.56 Å². The molecule has 0 radical (unpaired) electrons. The number of benzene rings is 1. The highest BCUT2D eigenvalue weighted by atomic mass is 16.6. The lowest BCUT2D eigenvalue weighted by Gasteiger charge is -2.23. The van der Waals surface area contributed by atoms with Crippen molar-refractivity contribution in [2.75, 3.05) is 0 Å². The number of nitrogens with zero attached hydrogens (tertiary/aromatic N) is 2. The fourth-order valence-electron chi connectivity index (χ4n) is 2.59. The Labute approximate surface area is 113 Å². The minimum Gasteiger partial charge on any atom is -0.390 e.